The van der Waals surface area contributed by atoms with Crippen molar-refractivity contribution in [1.82, 2.24) is 0 Å². The molecule has 0 aromatic rings. The van der Waals surface area contributed by atoms with Crippen LogP contribution in [0.2, 0.25) is 0 Å². The van der Waals surface area contributed by atoms with Crippen LogP contribution in [0.25, 0.3) is 0 Å². The molecule has 0 amide bonds. The summed E-state index contributed by atoms with van der Waals surface area (Å²) >= 11 is 0. The minimum atomic E-state index is -0.178. The average molecular weight is 170 g/mol. The molecule has 12 heavy (non-hydrogen) atoms. The van der Waals surface area contributed by atoms with Gasteiger partial charge in [0.05, 0.1) is 0 Å². The number of hydrogen-bond acceptors (Lipinski definition) is 3. The van der Waals surface area contributed by atoms with Gasteiger partial charge in [0, 0.05) is 6.61 Å². The smallest absolute Gasteiger partial charge is 0.180 e. The Bertz CT molecular complexity index is 159. The molecule has 0 N–H and O–H groups in total. The van der Waals surface area contributed by atoms with Gasteiger partial charge in [-0.15, -0.1) is 0 Å². The molecule has 1 heterocycles. The Kier molecular flexibility index (Phi) is 3.97. The van der Waals surface area contributed by atoms with E-state index in [1.54, 1.807) is 0 Å². The van der Waals surface area contributed by atoms with Crippen LogP contribution >= 0.6 is 0 Å². The van der Waals surface area contributed by atoms with Gasteiger partial charge in [-0.3, -0.25) is 4.79 Å². The summed E-state index contributed by atoms with van der Waals surface area (Å²) in [6.07, 6.45) is 4.19. The lowest BCUT2D eigenvalue weighted by atomic mass is 10.2. The van der Waals surface area contributed by atoms with E-state index in [-0.39, 0.29) is 18.7 Å². The van der Waals surface area contributed by atoms with Crippen molar-refractivity contribution < 1.29 is 14.3 Å². The molecule has 0 spiro atoms. The molecule has 1 aliphatic rings. The van der Waals surface area contributed by atoms with Gasteiger partial charge in [-0.25, -0.2) is 0 Å². The fraction of sp³-hybridized carbons (Fsp3) is 0.667. The van der Waals surface area contributed by atoms with Gasteiger partial charge in [0.2, 0.25) is 0 Å². The number of rotatable bonds is 4. The predicted molar refractivity (Wildman–Crippen MR) is 44.7 cm³/mol. The Morgan fingerprint density at radius 2 is 2.50 bits per heavy atom. The first-order valence-corrected chi connectivity index (χ1v) is 4.21. The predicted octanol–water partition coefficient (Wildman–Crippen LogP) is 1.28. The molecule has 0 saturated carbocycles. The number of ketones is 1. The van der Waals surface area contributed by atoms with E-state index in [4.69, 9.17) is 9.47 Å². The quantitative estimate of drug-likeness (QED) is 0.596. The molecule has 3 nitrogen and oxygen atoms in total. The van der Waals surface area contributed by atoms with Crippen molar-refractivity contribution in [1.29, 1.82) is 0 Å². The van der Waals surface area contributed by atoms with Gasteiger partial charge in [-0.2, -0.15) is 0 Å². The number of carbonyl (C=O) groups excluding carboxylic acids is 1. The van der Waals surface area contributed by atoms with E-state index in [2.05, 4.69) is 6.58 Å². The molecule has 0 aromatic heterocycles. The Morgan fingerprint density at radius 3 is 3.08 bits per heavy atom. The van der Waals surface area contributed by atoms with Crippen LogP contribution in [0.15, 0.2) is 12.7 Å². The van der Waals surface area contributed by atoms with Crippen molar-refractivity contribution in [2.24, 2.45) is 0 Å². The van der Waals surface area contributed by atoms with Crippen molar-refractivity contribution in [2.75, 3.05) is 13.2 Å². The highest BCUT2D eigenvalue weighted by Gasteiger charge is 2.14. The fourth-order valence-electron chi connectivity index (χ4n) is 1.08. The molecule has 1 unspecified atom stereocenters. The van der Waals surface area contributed by atoms with E-state index < -0.39 is 0 Å². The summed E-state index contributed by atoms with van der Waals surface area (Å²) in [5.41, 5.74) is 0. The van der Waals surface area contributed by atoms with E-state index in [9.17, 15) is 4.79 Å². The molecule has 0 aliphatic carbocycles. The molecule has 1 fully saturated rings. The zero-order valence-electron chi connectivity index (χ0n) is 7.12. The third-order valence-electron chi connectivity index (χ3n) is 1.78. The van der Waals surface area contributed by atoms with Crippen LogP contribution in [-0.4, -0.2) is 25.3 Å². The molecule has 1 rings (SSSR count). The van der Waals surface area contributed by atoms with Gasteiger partial charge in [0.1, 0.15) is 6.61 Å². The summed E-state index contributed by atoms with van der Waals surface area (Å²) in [5.74, 6) is -0.0934. The Labute approximate surface area is 72.4 Å². The lowest BCUT2D eigenvalue weighted by molar-refractivity contribution is -0.167. The first kappa shape index (κ1) is 9.42. The molecular formula is C9H14O3. The van der Waals surface area contributed by atoms with Gasteiger partial charge in [-0.05, 0) is 25.3 Å². The van der Waals surface area contributed by atoms with Crippen LogP contribution in [-0.2, 0) is 14.3 Å². The number of hydrogen-bond donors (Lipinski definition) is 0. The largest absolute Gasteiger partial charge is 0.353 e. The van der Waals surface area contributed by atoms with Gasteiger partial charge < -0.3 is 9.47 Å². The number of carbonyl (C=O) groups is 1. The first-order chi connectivity index (χ1) is 5.83. The molecule has 1 aliphatic heterocycles. The van der Waals surface area contributed by atoms with E-state index in [1.807, 2.05) is 0 Å². The summed E-state index contributed by atoms with van der Waals surface area (Å²) < 4.78 is 10.5. The summed E-state index contributed by atoms with van der Waals surface area (Å²) in [5, 5.41) is 0. The van der Waals surface area contributed by atoms with Crippen LogP contribution in [0.1, 0.15) is 19.3 Å². The molecule has 3 heteroatoms. The maximum absolute atomic E-state index is 10.8. The van der Waals surface area contributed by atoms with E-state index in [0.29, 0.717) is 0 Å². The molecule has 1 saturated heterocycles. The third-order valence-corrected chi connectivity index (χ3v) is 1.78. The molecule has 0 bridgehead atoms. The van der Waals surface area contributed by atoms with Gasteiger partial charge in [-0.1, -0.05) is 6.58 Å². The Hall–Kier alpha value is -0.670. The van der Waals surface area contributed by atoms with Crippen molar-refractivity contribution in [3.8, 4) is 0 Å². The van der Waals surface area contributed by atoms with E-state index >= 15 is 0 Å². The van der Waals surface area contributed by atoms with Crippen molar-refractivity contribution >= 4 is 5.78 Å². The summed E-state index contributed by atoms with van der Waals surface area (Å²) in [6, 6.07) is 0. The van der Waals surface area contributed by atoms with Gasteiger partial charge in [0.15, 0.2) is 12.1 Å². The highest BCUT2D eigenvalue weighted by molar-refractivity contribution is 5.90. The Balaban J connectivity index is 2.12. The number of ether oxygens (including phenoxy) is 2. The van der Waals surface area contributed by atoms with Crippen molar-refractivity contribution in [2.45, 2.75) is 25.6 Å². The fourth-order valence-corrected chi connectivity index (χ4v) is 1.08. The van der Waals surface area contributed by atoms with Crippen LogP contribution in [0.5, 0.6) is 0 Å². The minimum Gasteiger partial charge on any atom is -0.353 e. The lowest BCUT2D eigenvalue weighted by Crippen LogP contribution is -2.24. The molecule has 0 aromatic carbocycles. The lowest BCUT2D eigenvalue weighted by Gasteiger charge is -2.21. The monoisotopic (exact) mass is 170 g/mol. The zero-order valence-corrected chi connectivity index (χ0v) is 7.12. The Morgan fingerprint density at radius 1 is 1.67 bits per heavy atom. The molecular weight excluding hydrogens is 156 g/mol. The first-order valence-electron chi connectivity index (χ1n) is 4.21. The molecule has 0 radical (unpaired) electrons. The SMILES string of the molecule is C=CC(=O)COC1CCCCO1. The van der Waals surface area contributed by atoms with Crippen molar-refractivity contribution in [3.05, 3.63) is 12.7 Å². The van der Waals surface area contributed by atoms with Gasteiger partial charge >= 0.3 is 0 Å². The summed E-state index contributed by atoms with van der Waals surface area (Å²) in [7, 11) is 0. The van der Waals surface area contributed by atoms with Crippen LogP contribution in [0, 0.1) is 0 Å². The summed E-state index contributed by atoms with van der Waals surface area (Å²) in [6.45, 7) is 4.19. The van der Waals surface area contributed by atoms with Gasteiger partial charge in [0.25, 0.3) is 0 Å². The van der Waals surface area contributed by atoms with E-state index in [1.165, 1.54) is 6.08 Å². The minimum absolute atomic E-state index is 0.0914. The maximum Gasteiger partial charge on any atom is 0.180 e. The molecule has 1 atom stereocenters. The highest BCUT2D eigenvalue weighted by Crippen LogP contribution is 2.13. The van der Waals surface area contributed by atoms with E-state index in [0.717, 1.165) is 25.9 Å². The standard InChI is InChI=1S/C9H14O3/c1-2-8(10)7-12-9-5-3-4-6-11-9/h2,9H,1,3-7H2. The zero-order chi connectivity index (χ0) is 8.81. The van der Waals surface area contributed by atoms with Crippen LogP contribution < -0.4 is 0 Å². The summed E-state index contributed by atoms with van der Waals surface area (Å²) in [4.78, 5) is 10.8. The van der Waals surface area contributed by atoms with Crippen LogP contribution in [0.3, 0.4) is 0 Å². The second-order valence-corrected chi connectivity index (χ2v) is 2.78. The second kappa shape index (κ2) is 5.06. The van der Waals surface area contributed by atoms with Crippen molar-refractivity contribution in [3.63, 3.8) is 0 Å². The topological polar surface area (TPSA) is 35.5 Å². The maximum atomic E-state index is 10.8. The third kappa shape index (κ3) is 3.15. The molecule has 68 valence electrons. The second-order valence-electron chi connectivity index (χ2n) is 2.78. The highest BCUT2D eigenvalue weighted by atomic mass is 16.7. The normalized spacial score (nSPS) is 23.5. The van der Waals surface area contributed by atoms with Crippen LogP contribution in [0.4, 0.5) is 0 Å². The average Bonchev–Trinajstić information content (AvgIpc) is 2.16.